The standard InChI is InChI=1S/C23H25N5O2/c24-22(19-5-4-13-26-16-19)17-28(25)14-12-23(29)27-15-18-8-10-21(11-9-18)30-20-6-2-1-3-7-20/h1-11,13,16,24H,12,14-15,17,25H2,(H,27,29). The molecule has 4 N–H and O–H groups in total. The number of rotatable bonds is 10. The minimum absolute atomic E-state index is 0.0945. The van der Waals surface area contributed by atoms with Gasteiger partial charge in [0.1, 0.15) is 11.5 Å². The minimum atomic E-state index is -0.0945. The van der Waals surface area contributed by atoms with E-state index in [9.17, 15) is 4.79 Å². The number of para-hydroxylation sites is 1. The summed E-state index contributed by atoms with van der Waals surface area (Å²) in [6.45, 7) is 1.04. The summed E-state index contributed by atoms with van der Waals surface area (Å²) in [5.41, 5.74) is 2.06. The van der Waals surface area contributed by atoms with Crippen molar-refractivity contribution in [2.24, 2.45) is 5.84 Å². The van der Waals surface area contributed by atoms with Crippen molar-refractivity contribution in [1.82, 2.24) is 15.3 Å². The molecular formula is C23H25N5O2. The van der Waals surface area contributed by atoms with Crippen LogP contribution in [-0.2, 0) is 11.3 Å². The first kappa shape index (κ1) is 21.2. The third-order valence-corrected chi connectivity index (χ3v) is 4.39. The number of amides is 1. The van der Waals surface area contributed by atoms with E-state index in [1.165, 1.54) is 5.01 Å². The number of nitrogens with two attached hydrogens (primary N) is 1. The summed E-state index contributed by atoms with van der Waals surface area (Å²) in [5, 5.41) is 12.4. The fourth-order valence-electron chi connectivity index (χ4n) is 2.75. The molecule has 1 amide bonds. The van der Waals surface area contributed by atoms with Crippen molar-refractivity contribution >= 4 is 11.6 Å². The lowest BCUT2D eigenvalue weighted by Gasteiger charge is -2.16. The van der Waals surface area contributed by atoms with Crippen LogP contribution in [0.15, 0.2) is 79.1 Å². The summed E-state index contributed by atoms with van der Waals surface area (Å²) in [5.74, 6) is 7.35. The first-order valence-corrected chi connectivity index (χ1v) is 9.66. The van der Waals surface area contributed by atoms with E-state index in [-0.39, 0.29) is 18.9 Å². The maximum atomic E-state index is 12.1. The molecule has 30 heavy (non-hydrogen) atoms. The Kier molecular flexibility index (Phi) is 7.65. The number of hydrazine groups is 1. The number of carbonyl (C=O) groups is 1. The van der Waals surface area contributed by atoms with Gasteiger partial charge in [0, 0.05) is 37.5 Å². The van der Waals surface area contributed by atoms with Gasteiger partial charge in [-0.05, 0) is 35.9 Å². The maximum absolute atomic E-state index is 12.1. The van der Waals surface area contributed by atoms with Gasteiger partial charge in [0.25, 0.3) is 0 Å². The van der Waals surface area contributed by atoms with Gasteiger partial charge in [-0.2, -0.15) is 0 Å². The van der Waals surface area contributed by atoms with Gasteiger partial charge in [0.2, 0.25) is 5.91 Å². The lowest BCUT2D eigenvalue weighted by atomic mass is 10.2. The van der Waals surface area contributed by atoms with Crippen molar-refractivity contribution in [1.29, 1.82) is 5.41 Å². The first-order chi connectivity index (χ1) is 14.6. The van der Waals surface area contributed by atoms with Crippen LogP contribution in [0.1, 0.15) is 17.5 Å². The second-order valence-corrected chi connectivity index (χ2v) is 6.78. The van der Waals surface area contributed by atoms with Crippen molar-refractivity contribution in [3.05, 3.63) is 90.3 Å². The third-order valence-electron chi connectivity index (χ3n) is 4.39. The molecule has 0 aliphatic heterocycles. The highest BCUT2D eigenvalue weighted by molar-refractivity contribution is 5.99. The van der Waals surface area contributed by atoms with Crippen LogP contribution in [0.3, 0.4) is 0 Å². The number of aromatic nitrogens is 1. The zero-order valence-electron chi connectivity index (χ0n) is 16.6. The highest BCUT2D eigenvalue weighted by atomic mass is 16.5. The predicted octanol–water partition coefficient (Wildman–Crippen LogP) is 3.12. The molecule has 0 saturated carbocycles. The Balaban J connectivity index is 1.37. The number of nitrogens with one attached hydrogen (secondary N) is 2. The summed E-state index contributed by atoms with van der Waals surface area (Å²) in [4.78, 5) is 16.1. The molecule has 0 saturated heterocycles. The maximum Gasteiger partial charge on any atom is 0.221 e. The van der Waals surface area contributed by atoms with Gasteiger partial charge in [0.15, 0.2) is 0 Å². The minimum Gasteiger partial charge on any atom is -0.457 e. The molecular weight excluding hydrogens is 378 g/mol. The number of carbonyl (C=O) groups excluding carboxylic acids is 1. The highest BCUT2D eigenvalue weighted by Gasteiger charge is 2.09. The number of hydrogen-bond acceptors (Lipinski definition) is 6. The number of benzene rings is 2. The molecule has 0 atom stereocenters. The number of pyridine rings is 1. The van der Waals surface area contributed by atoms with Crippen LogP contribution in [0.5, 0.6) is 11.5 Å². The molecule has 7 nitrogen and oxygen atoms in total. The molecule has 0 aliphatic carbocycles. The summed E-state index contributed by atoms with van der Waals surface area (Å²) >= 11 is 0. The van der Waals surface area contributed by atoms with Crippen molar-refractivity contribution in [3.8, 4) is 11.5 Å². The average molecular weight is 403 g/mol. The Morgan fingerprint density at radius 3 is 2.47 bits per heavy atom. The van der Waals surface area contributed by atoms with Gasteiger partial charge < -0.3 is 15.5 Å². The summed E-state index contributed by atoms with van der Waals surface area (Å²) < 4.78 is 5.76. The van der Waals surface area contributed by atoms with Crippen LogP contribution in [0.4, 0.5) is 0 Å². The number of hydrogen-bond donors (Lipinski definition) is 3. The monoisotopic (exact) mass is 403 g/mol. The van der Waals surface area contributed by atoms with Gasteiger partial charge in [-0.25, -0.2) is 5.01 Å². The van der Waals surface area contributed by atoms with E-state index in [1.54, 1.807) is 18.5 Å². The van der Waals surface area contributed by atoms with E-state index in [0.29, 0.717) is 18.8 Å². The zero-order valence-corrected chi connectivity index (χ0v) is 16.6. The fraction of sp³-hybridized carbons (Fsp3) is 0.174. The Morgan fingerprint density at radius 1 is 1.03 bits per heavy atom. The smallest absolute Gasteiger partial charge is 0.221 e. The normalized spacial score (nSPS) is 10.6. The van der Waals surface area contributed by atoms with Crippen LogP contribution < -0.4 is 15.9 Å². The first-order valence-electron chi connectivity index (χ1n) is 9.66. The molecule has 0 fully saturated rings. The quantitative estimate of drug-likeness (QED) is 0.274. The van der Waals surface area contributed by atoms with Gasteiger partial charge in [0.05, 0.1) is 12.3 Å². The SMILES string of the molecule is N=C(CN(N)CCC(=O)NCc1ccc(Oc2ccccc2)cc1)c1cccnc1. The molecule has 2 aromatic carbocycles. The Morgan fingerprint density at radius 2 is 1.77 bits per heavy atom. The summed E-state index contributed by atoms with van der Waals surface area (Å²) in [6.07, 6.45) is 3.54. The van der Waals surface area contributed by atoms with Crippen LogP contribution in [0.25, 0.3) is 0 Å². The molecule has 0 bridgehead atoms. The lowest BCUT2D eigenvalue weighted by Crippen LogP contribution is -2.39. The van der Waals surface area contributed by atoms with Gasteiger partial charge in [-0.15, -0.1) is 0 Å². The van der Waals surface area contributed by atoms with E-state index >= 15 is 0 Å². The molecule has 0 radical (unpaired) electrons. The topological polar surface area (TPSA) is 104 Å². The molecule has 0 spiro atoms. The van der Waals surface area contributed by atoms with E-state index in [2.05, 4.69) is 10.3 Å². The van der Waals surface area contributed by atoms with Crippen LogP contribution in [0, 0.1) is 5.41 Å². The van der Waals surface area contributed by atoms with Crippen LogP contribution in [0.2, 0.25) is 0 Å². The van der Waals surface area contributed by atoms with Gasteiger partial charge >= 0.3 is 0 Å². The Bertz CT molecular complexity index is 946. The Hall–Kier alpha value is -3.55. The molecule has 1 aromatic heterocycles. The van der Waals surface area contributed by atoms with E-state index < -0.39 is 0 Å². The average Bonchev–Trinajstić information content (AvgIpc) is 2.78. The lowest BCUT2D eigenvalue weighted by molar-refractivity contribution is -0.121. The van der Waals surface area contributed by atoms with E-state index in [0.717, 1.165) is 22.6 Å². The summed E-state index contributed by atoms with van der Waals surface area (Å²) in [6, 6.07) is 20.7. The van der Waals surface area contributed by atoms with E-state index in [4.69, 9.17) is 16.0 Å². The third kappa shape index (κ3) is 6.80. The van der Waals surface area contributed by atoms with Gasteiger partial charge in [-0.3, -0.25) is 15.6 Å². The Labute approximate surface area is 176 Å². The number of ether oxygens (including phenoxy) is 1. The van der Waals surface area contributed by atoms with Crippen molar-refractivity contribution in [3.63, 3.8) is 0 Å². The fourth-order valence-corrected chi connectivity index (χ4v) is 2.75. The molecule has 0 unspecified atom stereocenters. The van der Waals surface area contributed by atoms with Crippen LogP contribution in [-0.4, -0.2) is 34.7 Å². The summed E-state index contributed by atoms with van der Waals surface area (Å²) in [7, 11) is 0. The van der Waals surface area contributed by atoms with Crippen molar-refractivity contribution < 1.29 is 9.53 Å². The molecule has 7 heteroatoms. The molecule has 3 aromatic rings. The van der Waals surface area contributed by atoms with Crippen molar-refractivity contribution in [2.45, 2.75) is 13.0 Å². The van der Waals surface area contributed by atoms with Gasteiger partial charge in [-0.1, -0.05) is 36.4 Å². The number of nitrogens with zero attached hydrogens (tertiary/aromatic N) is 2. The highest BCUT2D eigenvalue weighted by Crippen LogP contribution is 2.21. The second-order valence-electron chi connectivity index (χ2n) is 6.78. The zero-order chi connectivity index (χ0) is 21.2. The predicted molar refractivity (Wildman–Crippen MR) is 116 cm³/mol. The molecule has 1 heterocycles. The van der Waals surface area contributed by atoms with Crippen LogP contribution >= 0.6 is 0 Å². The molecule has 154 valence electrons. The molecule has 3 rings (SSSR count). The molecule has 0 aliphatic rings. The van der Waals surface area contributed by atoms with Crippen molar-refractivity contribution in [2.75, 3.05) is 13.1 Å². The largest absolute Gasteiger partial charge is 0.457 e. The van der Waals surface area contributed by atoms with E-state index in [1.807, 2.05) is 60.7 Å². The second kappa shape index (κ2) is 10.8.